The molecule has 0 unspecified atom stereocenters. The SMILES string of the molecule is Cc1ccc(CN(CCc2c[nH]c3ccccc23)C(=O)CN(C(=O)Nc2ccccc2C(F)(F)F)C2CC2)cc1. The highest BCUT2D eigenvalue weighted by Gasteiger charge is 2.37. The van der Waals surface area contributed by atoms with E-state index in [1.54, 1.807) is 4.90 Å². The number of nitrogens with one attached hydrogen (secondary N) is 2. The predicted octanol–water partition coefficient (Wildman–Crippen LogP) is 6.76. The number of halogens is 3. The van der Waals surface area contributed by atoms with E-state index in [-0.39, 0.29) is 24.2 Å². The lowest BCUT2D eigenvalue weighted by molar-refractivity contribution is -0.137. The number of hydrogen-bond donors (Lipinski definition) is 2. The Morgan fingerprint density at radius 1 is 0.975 bits per heavy atom. The number of nitrogens with zero attached hydrogens (tertiary/aromatic N) is 2. The third kappa shape index (κ3) is 6.47. The monoisotopic (exact) mass is 548 g/mol. The van der Waals surface area contributed by atoms with Crippen molar-refractivity contribution < 1.29 is 22.8 Å². The molecule has 208 valence electrons. The molecule has 5 rings (SSSR count). The van der Waals surface area contributed by atoms with Gasteiger partial charge in [-0.1, -0.05) is 60.2 Å². The fourth-order valence-electron chi connectivity index (χ4n) is 4.82. The molecule has 1 fully saturated rings. The molecule has 1 aliphatic carbocycles. The number of urea groups is 1. The highest BCUT2D eigenvalue weighted by molar-refractivity contribution is 5.93. The maximum atomic E-state index is 13.7. The van der Waals surface area contributed by atoms with E-state index >= 15 is 0 Å². The second-order valence-corrected chi connectivity index (χ2v) is 10.2. The number of aromatic nitrogens is 1. The third-order valence-corrected chi connectivity index (χ3v) is 7.20. The average Bonchev–Trinajstić information content (AvgIpc) is 3.69. The molecule has 9 heteroatoms. The fraction of sp³-hybridized carbons (Fsp3) is 0.290. The van der Waals surface area contributed by atoms with E-state index in [0.717, 1.165) is 33.7 Å². The van der Waals surface area contributed by atoms with Crippen LogP contribution in [-0.2, 0) is 23.9 Å². The van der Waals surface area contributed by atoms with E-state index in [9.17, 15) is 22.8 Å². The number of para-hydroxylation sites is 2. The maximum Gasteiger partial charge on any atom is 0.418 e. The van der Waals surface area contributed by atoms with Crippen molar-refractivity contribution in [3.05, 3.63) is 101 Å². The van der Waals surface area contributed by atoms with E-state index in [1.165, 1.54) is 23.1 Å². The second-order valence-electron chi connectivity index (χ2n) is 10.2. The van der Waals surface area contributed by atoms with Crippen molar-refractivity contribution in [2.45, 2.75) is 44.9 Å². The van der Waals surface area contributed by atoms with Gasteiger partial charge in [0, 0.05) is 36.2 Å². The van der Waals surface area contributed by atoms with Crippen LogP contribution in [0, 0.1) is 6.92 Å². The number of H-pyrrole nitrogens is 1. The summed E-state index contributed by atoms with van der Waals surface area (Å²) in [5.41, 5.74) is 2.91. The Hall–Kier alpha value is -4.27. The normalized spacial score (nSPS) is 13.3. The molecule has 6 nitrogen and oxygen atoms in total. The van der Waals surface area contributed by atoms with Crippen LogP contribution in [-0.4, -0.2) is 45.9 Å². The molecule has 40 heavy (non-hydrogen) atoms. The molecule has 0 radical (unpaired) electrons. The molecule has 1 aliphatic rings. The Kier molecular flexibility index (Phi) is 7.82. The molecule has 1 saturated carbocycles. The van der Waals surface area contributed by atoms with Crippen LogP contribution in [0.2, 0.25) is 0 Å². The van der Waals surface area contributed by atoms with Gasteiger partial charge in [0.15, 0.2) is 0 Å². The van der Waals surface area contributed by atoms with Crippen molar-refractivity contribution in [3.8, 4) is 0 Å². The fourth-order valence-corrected chi connectivity index (χ4v) is 4.82. The molecular formula is C31H31F3N4O2. The van der Waals surface area contributed by atoms with Gasteiger partial charge in [0.25, 0.3) is 0 Å². The lowest BCUT2D eigenvalue weighted by Crippen LogP contribution is -2.46. The van der Waals surface area contributed by atoms with Crippen LogP contribution in [0.1, 0.15) is 35.1 Å². The van der Waals surface area contributed by atoms with Crippen LogP contribution in [0.3, 0.4) is 0 Å². The summed E-state index contributed by atoms with van der Waals surface area (Å²) in [5, 5.41) is 3.50. The van der Waals surface area contributed by atoms with Crippen molar-refractivity contribution in [1.82, 2.24) is 14.8 Å². The van der Waals surface area contributed by atoms with Crippen LogP contribution in [0.5, 0.6) is 0 Å². The number of rotatable bonds is 9. The first kappa shape index (κ1) is 27.3. The summed E-state index contributed by atoms with van der Waals surface area (Å²) in [6.07, 6.45) is -0.654. The first-order valence-corrected chi connectivity index (χ1v) is 13.3. The Labute approximate surface area is 230 Å². The van der Waals surface area contributed by atoms with Crippen molar-refractivity contribution in [1.29, 1.82) is 0 Å². The van der Waals surface area contributed by atoms with E-state index < -0.39 is 17.8 Å². The second kappa shape index (κ2) is 11.5. The zero-order chi connectivity index (χ0) is 28.3. The van der Waals surface area contributed by atoms with Gasteiger partial charge in [-0.25, -0.2) is 4.79 Å². The van der Waals surface area contributed by atoms with Gasteiger partial charge in [-0.05, 0) is 55.5 Å². The molecule has 0 spiro atoms. The van der Waals surface area contributed by atoms with Gasteiger partial charge in [0.1, 0.15) is 6.54 Å². The molecular weight excluding hydrogens is 517 g/mol. The van der Waals surface area contributed by atoms with Gasteiger partial charge < -0.3 is 20.1 Å². The predicted molar refractivity (Wildman–Crippen MR) is 149 cm³/mol. The Bertz CT molecular complexity index is 1490. The number of amides is 3. The van der Waals surface area contributed by atoms with Crippen LogP contribution in [0.25, 0.3) is 10.9 Å². The third-order valence-electron chi connectivity index (χ3n) is 7.20. The van der Waals surface area contributed by atoms with Gasteiger partial charge in [-0.15, -0.1) is 0 Å². The summed E-state index contributed by atoms with van der Waals surface area (Å²) >= 11 is 0. The van der Waals surface area contributed by atoms with Crippen LogP contribution in [0.4, 0.5) is 23.7 Å². The summed E-state index contributed by atoms with van der Waals surface area (Å²) in [5.74, 6) is -0.258. The smallest absolute Gasteiger partial charge is 0.361 e. The molecule has 0 aliphatic heterocycles. The quantitative estimate of drug-likeness (QED) is 0.243. The lowest BCUT2D eigenvalue weighted by atomic mass is 10.1. The molecule has 2 N–H and O–H groups in total. The van der Waals surface area contributed by atoms with E-state index in [0.29, 0.717) is 32.4 Å². The van der Waals surface area contributed by atoms with Crippen LogP contribution in [0.15, 0.2) is 79.0 Å². The van der Waals surface area contributed by atoms with Gasteiger partial charge in [-0.2, -0.15) is 13.2 Å². The van der Waals surface area contributed by atoms with Crippen molar-refractivity contribution in [3.63, 3.8) is 0 Å². The first-order valence-electron chi connectivity index (χ1n) is 13.3. The number of benzene rings is 3. The molecule has 0 bridgehead atoms. The average molecular weight is 549 g/mol. The minimum atomic E-state index is -4.61. The standard InChI is InChI=1S/C31H31F3N4O2/c1-21-10-12-22(13-11-21)19-37(17-16-23-18-35-27-8-4-2-6-25(23)27)29(39)20-38(24-14-15-24)30(40)36-28-9-5-3-7-26(28)31(32,33)34/h2-13,18,24,35H,14-17,19-20H2,1H3,(H,36,40). The summed E-state index contributed by atoms with van der Waals surface area (Å²) < 4.78 is 40.5. The molecule has 3 amide bonds. The lowest BCUT2D eigenvalue weighted by Gasteiger charge is -2.28. The molecule has 0 atom stereocenters. The topological polar surface area (TPSA) is 68.4 Å². The summed E-state index contributed by atoms with van der Waals surface area (Å²) in [6, 6.07) is 19.8. The Balaban J connectivity index is 1.33. The van der Waals surface area contributed by atoms with E-state index in [1.807, 2.05) is 61.7 Å². The van der Waals surface area contributed by atoms with Crippen LogP contribution >= 0.6 is 0 Å². The molecule has 4 aromatic rings. The van der Waals surface area contributed by atoms with E-state index in [4.69, 9.17) is 0 Å². The zero-order valence-electron chi connectivity index (χ0n) is 22.2. The Morgan fingerprint density at radius 3 is 2.40 bits per heavy atom. The summed E-state index contributed by atoms with van der Waals surface area (Å²) in [6.45, 7) is 2.56. The summed E-state index contributed by atoms with van der Waals surface area (Å²) in [4.78, 5) is 33.2. The van der Waals surface area contributed by atoms with Crippen molar-refractivity contribution in [2.24, 2.45) is 0 Å². The number of carbonyl (C=O) groups is 2. The van der Waals surface area contributed by atoms with Gasteiger partial charge in [0.05, 0.1) is 11.3 Å². The Morgan fingerprint density at radius 2 is 1.68 bits per heavy atom. The van der Waals surface area contributed by atoms with Crippen LogP contribution < -0.4 is 5.32 Å². The number of anilines is 1. The molecule has 0 saturated heterocycles. The van der Waals surface area contributed by atoms with Gasteiger partial charge in [0.2, 0.25) is 5.91 Å². The van der Waals surface area contributed by atoms with Gasteiger partial charge in [-0.3, -0.25) is 4.79 Å². The molecule has 3 aromatic carbocycles. The van der Waals surface area contributed by atoms with Crippen molar-refractivity contribution in [2.75, 3.05) is 18.4 Å². The minimum Gasteiger partial charge on any atom is -0.361 e. The van der Waals surface area contributed by atoms with E-state index in [2.05, 4.69) is 10.3 Å². The number of aryl methyl sites for hydroxylation is 1. The molecule has 1 aromatic heterocycles. The number of hydrogen-bond acceptors (Lipinski definition) is 2. The van der Waals surface area contributed by atoms with Crippen molar-refractivity contribution >= 4 is 28.5 Å². The number of alkyl halides is 3. The maximum absolute atomic E-state index is 13.7. The highest BCUT2D eigenvalue weighted by atomic mass is 19.4. The number of carbonyl (C=O) groups excluding carboxylic acids is 2. The first-order chi connectivity index (χ1) is 19.2. The number of fused-ring (bicyclic) bond motifs is 1. The van der Waals surface area contributed by atoms with Gasteiger partial charge >= 0.3 is 12.2 Å². The number of aromatic amines is 1. The largest absolute Gasteiger partial charge is 0.418 e. The minimum absolute atomic E-state index is 0.183. The highest BCUT2D eigenvalue weighted by Crippen LogP contribution is 2.35. The zero-order valence-corrected chi connectivity index (χ0v) is 22.2. The molecule has 1 heterocycles. The summed E-state index contributed by atoms with van der Waals surface area (Å²) in [7, 11) is 0.